The number of fused-ring (bicyclic) bond motifs is 1. The van der Waals surface area contributed by atoms with Crippen LogP contribution in [0.4, 0.5) is 0 Å². The molecule has 116 valence electrons. The molecule has 23 heavy (non-hydrogen) atoms. The van der Waals surface area contributed by atoms with Gasteiger partial charge in [0.25, 0.3) is 0 Å². The quantitative estimate of drug-likeness (QED) is 0.660. The van der Waals surface area contributed by atoms with Crippen LogP contribution in [0.1, 0.15) is 22.3 Å². The van der Waals surface area contributed by atoms with Gasteiger partial charge in [0.1, 0.15) is 17.9 Å². The van der Waals surface area contributed by atoms with Gasteiger partial charge < -0.3 is 9.15 Å². The van der Waals surface area contributed by atoms with E-state index in [9.17, 15) is 4.79 Å². The maximum absolute atomic E-state index is 11.8. The van der Waals surface area contributed by atoms with E-state index in [4.69, 9.17) is 9.15 Å². The molecule has 0 aliphatic carbocycles. The lowest BCUT2D eigenvalue weighted by molar-refractivity contribution is 0.306. The average Bonchev–Trinajstić information content (AvgIpc) is 2.58. The van der Waals surface area contributed by atoms with Crippen molar-refractivity contribution in [3.05, 3.63) is 81.7 Å². The van der Waals surface area contributed by atoms with Gasteiger partial charge >= 0.3 is 5.63 Å². The van der Waals surface area contributed by atoms with Gasteiger partial charge in [-0.2, -0.15) is 0 Å². The van der Waals surface area contributed by atoms with E-state index in [0.717, 1.165) is 22.1 Å². The molecule has 0 unspecified atom stereocenters. The summed E-state index contributed by atoms with van der Waals surface area (Å²) >= 11 is 0. The molecule has 0 spiro atoms. The van der Waals surface area contributed by atoms with Gasteiger partial charge in [-0.15, -0.1) is 0 Å². The molecule has 0 fully saturated rings. The second kappa shape index (κ2) is 6.13. The SMILES string of the molecule is C=Cc1ccc(COc2ccc3c(C)c(C)c(=O)oc3c2)cc1. The van der Waals surface area contributed by atoms with Crippen LogP contribution in [0.25, 0.3) is 17.0 Å². The topological polar surface area (TPSA) is 39.4 Å². The molecule has 0 atom stereocenters. The second-order valence-electron chi connectivity index (χ2n) is 5.53. The smallest absolute Gasteiger partial charge is 0.339 e. The van der Waals surface area contributed by atoms with Crippen molar-refractivity contribution >= 4 is 17.0 Å². The van der Waals surface area contributed by atoms with Crippen molar-refractivity contribution in [3.63, 3.8) is 0 Å². The van der Waals surface area contributed by atoms with E-state index in [0.29, 0.717) is 23.5 Å². The first-order valence-corrected chi connectivity index (χ1v) is 7.47. The third kappa shape index (κ3) is 3.04. The summed E-state index contributed by atoms with van der Waals surface area (Å²) in [5, 5.41) is 0.935. The molecule has 3 aromatic rings. The molecular weight excluding hydrogens is 288 g/mol. The first kappa shape index (κ1) is 15.1. The number of hydrogen-bond donors (Lipinski definition) is 0. The lowest BCUT2D eigenvalue weighted by atomic mass is 10.1. The summed E-state index contributed by atoms with van der Waals surface area (Å²) in [5.41, 5.74) is 3.99. The Morgan fingerprint density at radius 2 is 1.83 bits per heavy atom. The average molecular weight is 306 g/mol. The van der Waals surface area contributed by atoms with Crippen molar-refractivity contribution in [2.45, 2.75) is 20.5 Å². The first-order chi connectivity index (χ1) is 11.1. The van der Waals surface area contributed by atoms with Gasteiger partial charge in [0, 0.05) is 17.0 Å². The molecule has 2 aromatic carbocycles. The molecule has 0 saturated carbocycles. The van der Waals surface area contributed by atoms with Crippen molar-refractivity contribution in [2.24, 2.45) is 0 Å². The number of aryl methyl sites for hydroxylation is 1. The predicted molar refractivity (Wildman–Crippen MR) is 92.8 cm³/mol. The highest BCUT2D eigenvalue weighted by Crippen LogP contribution is 2.24. The minimum absolute atomic E-state index is 0.299. The van der Waals surface area contributed by atoms with Crippen molar-refractivity contribution in [1.82, 2.24) is 0 Å². The molecule has 3 heteroatoms. The highest BCUT2D eigenvalue weighted by atomic mass is 16.5. The zero-order valence-electron chi connectivity index (χ0n) is 13.3. The Morgan fingerprint density at radius 3 is 2.52 bits per heavy atom. The fourth-order valence-electron chi connectivity index (χ4n) is 2.43. The van der Waals surface area contributed by atoms with Gasteiger partial charge in [-0.25, -0.2) is 4.79 Å². The Morgan fingerprint density at radius 1 is 1.09 bits per heavy atom. The molecule has 0 amide bonds. The molecule has 1 aromatic heterocycles. The van der Waals surface area contributed by atoms with E-state index in [-0.39, 0.29) is 5.63 Å². The Bertz CT molecular complexity index is 918. The highest BCUT2D eigenvalue weighted by molar-refractivity contribution is 5.82. The fourth-order valence-corrected chi connectivity index (χ4v) is 2.43. The van der Waals surface area contributed by atoms with E-state index in [1.54, 1.807) is 19.1 Å². The molecule has 3 nitrogen and oxygen atoms in total. The Kier molecular flexibility index (Phi) is 4.02. The minimum Gasteiger partial charge on any atom is -0.489 e. The zero-order chi connectivity index (χ0) is 16.4. The van der Waals surface area contributed by atoms with Crippen LogP contribution < -0.4 is 10.4 Å². The summed E-state index contributed by atoms with van der Waals surface area (Å²) < 4.78 is 11.1. The van der Waals surface area contributed by atoms with Crippen LogP contribution in [-0.4, -0.2) is 0 Å². The summed E-state index contributed by atoms with van der Waals surface area (Å²) in [5.74, 6) is 0.678. The minimum atomic E-state index is -0.299. The number of rotatable bonds is 4. The van der Waals surface area contributed by atoms with Crippen LogP contribution in [0, 0.1) is 13.8 Å². The van der Waals surface area contributed by atoms with E-state index in [1.807, 2.05) is 43.3 Å². The maximum atomic E-state index is 11.8. The largest absolute Gasteiger partial charge is 0.489 e. The van der Waals surface area contributed by atoms with Crippen molar-refractivity contribution in [1.29, 1.82) is 0 Å². The molecule has 0 aliphatic heterocycles. The summed E-state index contributed by atoms with van der Waals surface area (Å²) in [6.07, 6.45) is 1.81. The van der Waals surface area contributed by atoms with Crippen molar-refractivity contribution in [3.8, 4) is 5.75 Å². The molecular formula is C20H18O3. The lowest BCUT2D eigenvalue weighted by Crippen LogP contribution is -2.05. The third-order valence-electron chi connectivity index (χ3n) is 4.05. The van der Waals surface area contributed by atoms with Crippen LogP contribution in [0.15, 0.2) is 58.3 Å². The van der Waals surface area contributed by atoms with Crippen LogP contribution in [0.5, 0.6) is 5.75 Å². The van der Waals surface area contributed by atoms with E-state index >= 15 is 0 Å². The van der Waals surface area contributed by atoms with Gasteiger partial charge in [-0.1, -0.05) is 36.9 Å². The van der Waals surface area contributed by atoms with Gasteiger partial charge in [0.15, 0.2) is 0 Å². The zero-order valence-corrected chi connectivity index (χ0v) is 13.3. The summed E-state index contributed by atoms with van der Waals surface area (Å²) in [6.45, 7) is 7.90. The molecule has 0 radical (unpaired) electrons. The molecule has 0 saturated heterocycles. The summed E-state index contributed by atoms with van der Waals surface area (Å²) in [7, 11) is 0. The lowest BCUT2D eigenvalue weighted by Gasteiger charge is -2.09. The molecule has 1 heterocycles. The molecule has 0 bridgehead atoms. The third-order valence-corrected chi connectivity index (χ3v) is 4.05. The Balaban J connectivity index is 1.84. The highest BCUT2D eigenvalue weighted by Gasteiger charge is 2.08. The van der Waals surface area contributed by atoms with Gasteiger partial charge in [0.2, 0.25) is 0 Å². The monoisotopic (exact) mass is 306 g/mol. The van der Waals surface area contributed by atoms with Crippen molar-refractivity contribution in [2.75, 3.05) is 0 Å². The number of ether oxygens (including phenoxy) is 1. The summed E-state index contributed by atoms with van der Waals surface area (Å²) in [6, 6.07) is 13.6. The fraction of sp³-hybridized carbons (Fsp3) is 0.150. The van der Waals surface area contributed by atoms with Gasteiger partial charge in [-0.05, 0) is 42.7 Å². The Labute approximate surface area is 134 Å². The molecule has 0 aliphatic rings. The van der Waals surface area contributed by atoms with Crippen LogP contribution >= 0.6 is 0 Å². The van der Waals surface area contributed by atoms with E-state index < -0.39 is 0 Å². The van der Waals surface area contributed by atoms with Crippen LogP contribution in [0.3, 0.4) is 0 Å². The van der Waals surface area contributed by atoms with E-state index in [2.05, 4.69) is 6.58 Å². The van der Waals surface area contributed by atoms with Gasteiger partial charge in [0.05, 0.1) is 0 Å². The predicted octanol–water partition coefficient (Wildman–Crippen LogP) is 4.63. The van der Waals surface area contributed by atoms with Gasteiger partial charge in [-0.3, -0.25) is 0 Å². The van der Waals surface area contributed by atoms with Crippen molar-refractivity contribution < 1.29 is 9.15 Å². The summed E-state index contributed by atoms with van der Waals surface area (Å²) in [4.78, 5) is 11.8. The number of benzene rings is 2. The Hall–Kier alpha value is -2.81. The molecule has 3 rings (SSSR count). The first-order valence-electron chi connectivity index (χ1n) is 7.47. The maximum Gasteiger partial charge on any atom is 0.339 e. The van der Waals surface area contributed by atoms with E-state index in [1.165, 1.54) is 0 Å². The van der Waals surface area contributed by atoms with Crippen LogP contribution in [-0.2, 0) is 6.61 Å². The normalized spacial score (nSPS) is 10.7. The standard InChI is InChI=1S/C20H18O3/c1-4-15-5-7-16(8-6-15)12-22-17-9-10-18-13(2)14(3)20(21)23-19(18)11-17/h4-11H,1,12H2,2-3H3. The van der Waals surface area contributed by atoms with Crippen LogP contribution in [0.2, 0.25) is 0 Å². The number of hydrogen-bond acceptors (Lipinski definition) is 3. The second-order valence-corrected chi connectivity index (χ2v) is 5.53. The molecule has 0 N–H and O–H groups in total.